The number of rotatable bonds is 12. The summed E-state index contributed by atoms with van der Waals surface area (Å²) in [5, 5.41) is 12.4. The summed E-state index contributed by atoms with van der Waals surface area (Å²) in [6, 6.07) is 24.5. The molecule has 0 radical (unpaired) electrons. The zero-order chi connectivity index (χ0) is 32.6. The highest BCUT2D eigenvalue weighted by molar-refractivity contribution is 5.83. The van der Waals surface area contributed by atoms with Gasteiger partial charge in [0.15, 0.2) is 12.4 Å². The fraction of sp³-hybridized carbons (Fsp3) is 0.459. The standard InChI is InChI=1S/C37H46N2O7/c1-24-34(21-39-19-7-9-32(39)23-43-4)45-37(46-35(24)29-13-11-27(22-40)12-14-29)30-17-15-28(16-18-30)33-10-6-5-8-31(33)20-38-36(42)25(2)44-26(3)41/h5-6,8,10-18,24-25,32,34-35,37,40H,7,9,19-23H2,1-4H3,(H,38,42)/t24-,25-,32-,34+,35+,37+/m0/s1. The third kappa shape index (κ3) is 8.21. The van der Waals surface area contributed by atoms with Crippen molar-refractivity contribution in [3.63, 3.8) is 0 Å². The van der Waals surface area contributed by atoms with Gasteiger partial charge in [0.2, 0.25) is 0 Å². The lowest BCUT2D eigenvalue weighted by molar-refractivity contribution is -0.276. The summed E-state index contributed by atoms with van der Waals surface area (Å²) in [5.74, 6) is -0.740. The third-order valence-electron chi connectivity index (χ3n) is 9.07. The number of amides is 1. The molecule has 0 aromatic heterocycles. The van der Waals surface area contributed by atoms with E-state index in [-0.39, 0.29) is 30.6 Å². The van der Waals surface area contributed by atoms with Crippen molar-refractivity contribution in [3.05, 3.63) is 95.1 Å². The first kappa shape index (κ1) is 33.8. The Morgan fingerprint density at radius 2 is 1.74 bits per heavy atom. The highest BCUT2D eigenvalue weighted by Gasteiger charge is 2.40. The average Bonchev–Trinajstić information content (AvgIpc) is 3.51. The van der Waals surface area contributed by atoms with Crippen molar-refractivity contribution in [3.8, 4) is 11.1 Å². The number of carbonyl (C=O) groups excluding carboxylic acids is 2. The first-order chi connectivity index (χ1) is 22.3. The Bertz CT molecular complexity index is 1440. The molecule has 246 valence electrons. The van der Waals surface area contributed by atoms with Gasteiger partial charge in [-0.15, -0.1) is 0 Å². The monoisotopic (exact) mass is 630 g/mol. The lowest BCUT2D eigenvalue weighted by atomic mass is 9.89. The minimum absolute atomic E-state index is 0.000811. The normalized spacial score (nSPS) is 24.0. The van der Waals surface area contributed by atoms with Crippen LogP contribution in [0, 0.1) is 5.92 Å². The number of carbonyl (C=O) groups is 2. The second-order valence-electron chi connectivity index (χ2n) is 12.3. The maximum atomic E-state index is 12.5. The molecule has 9 heteroatoms. The predicted octanol–water partition coefficient (Wildman–Crippen LogP) is 5.32. The summed E-state index contributed by atoms with van der Waals surface area (Å²) in [6.45, 7) is 7.87. The molecule has 0 unspecified atom stereocenters. The van der Waals surface area contributed by atoms with Crippen LogP contribution < -0.4 is 5.32 Å². The van der Waals surface area contributed by atoms with E-state index in [9.17, 15) is 14.7 Å². The number of benzene rings is 3. The molecule has 2 saturated heterocycles. The maximum Gasteiger partial charge on any atom is 0.303 e. The van der Waals surface area contributed by atoms with Crippen LogP contribution in [0.15, 0.2) is 72.8 Å². The maximum absolute atomic E-state index is 12.5. The van der Waals surface area contributed by atoms with Gasteiger partial charge in [-0.3, -0.25) is 14.5 Å². The predicted molar refractivity (Wildman–Crippen MR) is 174 cm³/mol. The molecule has 2 aliphatic rings. The van der Waals surface area contributed by atoms with Gasteiger partial charge in [0.05, 0.1) is 25.4 Å². The summed E-state index contributed by atoms with van der Waals surface area (Å²) >= 11 is 0. The first-order valence-electron chi connectivity index (χ1n) is 16.1. The minimum Gasteiger partial charge on any atom is -0.453 e. The number of methoxy groups -OCH3 is 1. The van der Waals surface area contributed by atoms with Crippen molar-refractivity contribution in [2.24, 2.45) is 5.92 Å². The molecule has 5 rings (SSSR count). The highest BCUT2D eigenvalue weighted by atomic mass is 16.7. The number of aliphatic hydroxyl groups is 1. The van der Waals surface area contributed by atoms with Gasteiger partial charge in [0, 0.05) is 44.6 Å². The summed E-state index contributed by atoms with van der Waals surface area (Å²) < 4.78 is 23.9. The summed E-state index contributed by atoms with van der Waals surface area (Å²) in [5.41, 5.74) is 5.79. The van der Waals surface area contributed by atoms with Crippen LogP contribution in [0.1, 0.15) is 68.3 Å². The Hall–Kier alpha value is -3.60. The molecule has 2 N–H and O–H groups in total. The Balaban J connectivity index is 1.35. The lowest BCUT2D eigenvalue weighted by Gasteiger charge is -2.43. The van der Waals surface area contributed by atoms with Crippen molar-refractivity contribution >= 4 is 11.9 Å². The minimum atomic E-state index is -0.862. The van der Waals surface area contributed by atoms with Gasteiger partial charge < -0.3 is 29.4 Å². The highest BCUT2D eigenvalue weighted by Crippen LogP contribution is 2.42. The van der Waals surface area contributed by atoms with Crippen LogP contribution >= 0.6 is 0 Å². The van der Waals surface area contributed by atoms with E-state index in [0.717, 1.165) is 59.3 Å². The van der Waals surface area contributed by atoms with Gasteiger partial charge in [0.25, 0.3) is 5.91 Å². The first-order valence-corrected chi connectivity index (χ1v) is 16.1. The number of nitrogens with zero attached hydrogens (tertiary/aromatic N) is 1. The fourth-order valence-electron chi connectivity index (χ4n) is 6.48. The fourth-order valence-corrected chi connectivity index (χ4v) is 6.48. The number of hydrogen-bond donors (Lipinski definition) is 2. The largest absolute Gasteiger partial charge is 0.453 e. The lowest BCUT2D eigenvalue weighted by Crippen LogP contribution is -2.46. The van der Waals surface area contributed by atoms with E-state index in [1.807, 2.05) is 60.7 Å². The molecule has 0 saturated carbocycles. The van der Waals surface area contributed by atoms with Crippen molar-refractivity contribution in [2.45, 2.75) is 77.4 Å². The second-order valence-corrected chi connectivity index (χ2v) is 12.3. The van der Waals surface area contributed by atoms with Crippen LogP contribution in [0.2, 0.25) is 0 Å². The molecule has 0 bridgehead atoms. The van der Waals surface area contributed by atoms with Gasteiger partial charge in [-0.2, -0.15) is 0 Å². The van der Waals surface area contributed by atoms with Gasteiger partial charge in [-0.05, 0) is 54.1 Å². The summed E-state index contributed by atoms with van der Waals surface area (Å²) in [4.78, 5) is 26.2. The number of esters is 1. The average molecular weight is 631 g/mol. The zero-order valence-corrected chi connectivity index (χ0v) is 27.2. The molecule has 0 aliphatic carbocycles. The van der Waals surface area contributed by atoms with Crippen LogP contribution in [0.3, 0.4) is 0 Å². The molecule has 2 fully saturated rings. The number of aliphatic hydroxyl groups excluding tert-OH is 1. The van der Waals surface area contributed by atoms with Crippen molar-refractivity contribution < 1.29 is 33.6 Å². The molecule has 3 aromatic carbocycles. The molecule has 2 heterocycles. The molecule has 6 atom stereocenters. The Morgan fingerprint density at radius 3 is 2.43 bits per heavy atom. The molecule has 0 spiro atoms. The second kappa shape index (κ2) is 15.8. The molecular formula is C37H46N2O7. The van der Waals surface area contributed by atoms with Crippen LogP contribution in [0.5, 0.6) is 0 Å². The quantitative estimate of drug-likeness (QED) is 0.259. The van der Waals surface area contributed by atoms with E-state index in [2.05, 4.69) is 29.3 Å². The molecule has 46 heavy (non-hydrogen) atoms. The van der Waals surface area contributed by atoms with Gasteiger partial charge >= 0.3 is 5.97 Å². The van der Waals surface area contributed by atoms with E-state index in [0.29, 0.717) is 19.2 Å². The molecular weight excluding hydrogens is 584 g/mol. The SMILES string of the molecule is COC[C@@H]1CCCN1C[C@H]1O[C@@H](c2ccc(-c3ccccc3CNC(=O)[C@H](C)OC(C)=O)cc2)O[C@@H](c2ccc(CO)cc2)[C@H]1C. The number of ether oxygens (including phenoxy) is 4. The van der Waals surface area contributed by atoms with Gasteiger partial charge in [-0.1, -0.05) is 79.7 Å². The topological polar surface area (TPSA) is 107 Å². The van der Waals surface area contributed by atoms with Crippen molar-refractivity contribution in [2.75, 3.05) is 26.8 Å². The van der Waals surface area contributed by atoms with Gasteiger partial charge in [-0.25, -0.2) is 0 Å². The molecule has 3 aromatic rings. The van der Waals surface area contributed by atoms with Crippen LogP contribution in [0.4, 0.5) is 0 Å². The van der Waals surface area contributed by atoms with E-state index in [4.69, 9.17) is 18.9 Å². The Labute approximate surface area is 271 Å². The smallest absolute Gasteiger partial charge is 0.303 e. The molecule has 9 nitrogen and oxygen atoms in total. The van der Waals surface area contributed by atoms with Gasteiger partial charge in [0.1, 0.15) is 0 Å². The summed E-state index contributed by atoms with van der Waals surface area (Å²) in [7, 11) is 1.76. The van der Waals surface area contributed by atoms with E-state index >= 15 is 0 Å². The molecule has 1 amide bonds. The van der Waals surface area contributed by atoms with Crippen molar-refractivity contribution in [1.82, 2.24) is 10.2 Å². The Kier molecular flexibility index (Phi) is 11.6. The number of hydrogen-bond acceptors (Lipinski definition) is 8. The van der Waals surface area contributed by atoms with E-state index in [1.165, 1.54) is 6.92 Å². The van der Waals surface area contributed by atoms with Crippen molar-refractivity contribution in [1.29, 1.82) is 0 Å². The van der Waals surface area contributed by atoms with E-state index < -0.39 is 18.4 Å². The molecule has 2 aliphatic heterocycles. The van der Waals surface area contributed by atoms with Crippen LogP contribution in [-0.2, 0) is 41.7 Å². The third-order valence-corrected chi connectivity index (χ3v) is 9.07. The Morgan fingerprint density at radius 1 is 1.02 bits per heavy atom. The van der Waals surface area contributed by atoms with Crippen LogP contribution in [-0.4, -0.2) is 66.9 Å². The summed E-state index contributed by atoms with van der Waals surface area (Å²) in [6.07, 6.45) is 0.616. The van der Waals surface area contributed by atoms with Crippen LogP contribution in [0.25, 0.3) is 11.1 Å². The van der Waals surface area contributed by atoms with E-state index in [1.54, 1.807) is 14.0 Å². The zero-order valence-electron chi connectivity index (χ0n) is 27.2. The number of nitrogens with one attached hydrogen (secondary N) is 1. The number of likely N-dealkylation sites (tertiary alicyclic amines) is 1.